The normalized spacial score (nSPS) is 16.9. The van der Waals surface area contributed by atoms with Gasteiger partial charge in [-0.2, -0.15) is 26.3 Å². The molecule has 16 heteroatoms. The molecule has 1 amide bonds. The van der Waals surface area contributed by atoms with Crippen molar-refractivity contribution in [2.75, 3.05) is 19.3 Å². The van der Waals surface area contributed by atoms with E-state index in [4.69, 9.17) is 0 Å². The highest BCUT2D eigenvalue weighted by Gasteiger charge is 2.60. The molecular weight excluding hydrogens is 494 g/mol. The van der Waals surface area contributed by atoms with Gasteiger partial charge in [-0.05, 0) is 37.1 Å². The van der Waals surface area contributed by atoms with Crippen LogP contribution in [0.3, 0.4) is 0 Å². The van der Waals surface area contributed by atoms with Gasteiger partial charge in [0.05, 0.1) is 9.79 Å². The highest BCUT2D eigenvalue weighted by Crippen LogP contribution is 2.36. The first-order valence-electron chi connectivity index (χ1n) is 8.83. The van der Waals surface area contributed by atoms with Crippen LogP contribution in [0, 0.1) is 0 Å². The molecule has 1 aromatic carbocycles. The Balaban J connectivity index is 1.98. The first kappa shape index (κ1) is 26.2. The smallest absolute Gasteiger partial charge is 0.426 e. The van der Waals surface area contributed by atoms with Crippen molar-refractivity contribution < 1.29 is 52.7 Å². The van der Waals surface area contributed by atoms with Gasteiger partial charge in [0.15, 0.2) is 9.84 Å². The van der Waals surface area contributed by atoms with Crippen LogP contribution >= 0.6 is 0 Å². The number of carbonyl (C=O) groups excluding carboxylic acids is 1. The van der Waals surface area contributed by atoms with Crippen molar-refractivity contribution in [2.45, 2.75) is 47.1 Å². The van der Waals surface area contributed by atoms with Crippen molar-refractivity contribution in [1.29, 1.82) is 0 Å². The monoisotopic (exact) mass is 512 g/mol. The number of ether oxygens (including phenoxy) is 1. The number of benzene rings is 1. The van der Waals surface area contributed by atoms with Crippen LogP contribution in [0.25, 0.3) is 0 Å². The Morgan fingerprint density at radius 1 is 0.969 bits per heavy atom. The second kappa shape index (κ2) is 9.05. The largest absolute Gasteiger partial charge is 0.434 e. The summed E-state index contributed by atoms with van der Waals surface area (Å²) in [6, 6.07) is 3.57. The van der Waals surface area contributed by atoms with Gasteiger partial charge in [-0.3, -0.25) is 0 Å². The molecule has 0 saturated carbocycles. The Morgan fingerprint density at radius 3 is 1.81 bits per heavy atom. The molecule has 1 fully saturated rings. The number of halogens is 6. The molecule has 0 spiro atoms. The molecular formula is C16H18F6N2O6S2. The predicted octanol–water partition coefficient (Wildman–Crippen LogP) is 2.46. The zero-order chi connectivity index (χ0) is 24.5. The Kier molecular flexibility index (Phi) is 7.41. The van der Waals surface area contributed by atoms with Crippen LogP contribution in [0.4, 0.5) is 31.1 Å². The molecule has 32 heavy (non-hydrogen) atoms. The van der Waals surface area contributed by atoms with Gasteiger partial charge in [0, 0.05) is 25.4 Å². The first-order valence-corrected chi connectivity index (χ1v) is 12.2. The molecule has 0 bridgehead atoms. The molecule has 1 heterocycles. The number of amides is 1. The Labute approximate surface area is 179 Å². The zero-order valence-electron chi connectivity index (χ0n) is 16.3. The van der Waals surface area contributed by atoms with Crippen molar-refractivity contribution in [1.82, 2.24) is 9.62 Å². The van der Waals surface area contributed by atoms with Gasteiger partial charge in [0.25, 0.3) is 6.10 Å². The molecule has 1 saturated heterocycles. The Morgan fingerprint density at radius 2 is 1.41 bits per heavy atom. The number of carbonyl (C=O) groups is 1. The first-order chi connectivity index (χ1) is 14.4. The van der Waals surface area contributed by atoms with Gasteiger partial charge in [-0.15, -0.1) is 0 Å². The number of nitrogens with zero attached hydrogens (tertiary/aromatic N) is 1. The summed E-state index contributed by atoms with van der Waals surface area (Å²) in [5.74, 6) is 0. The highest BCUT2D eigenvalue weighted by atomic mass is 32.2. The van der Waals surface area contributed by atoms with Crippen LogP contribution in [0.5, 0.6) is 0 Å². The standard InChI is InChI=1S/C16H18F6N2O6S2/c1-31(26,27)11-2-4-12(5-3-11)32(28,29)23-10-6-8-24(9-7-10)14(25)30-13(15(17,18)19)16(20,21)22/h2-5,10,13,23H,6-9H2,1H3. The van der Waals surface area contributed by atoms with E-state index in [1.807, 2.05) is 0 Å². The van der Waals surface area contributed by atoms with E-state index in [1.165, 1.54) is 0 Å². The van der Waals surface area contributed by atoms with Crippen molar-refractivity contribution in [3.63, 3.8) is 0 Å². The summed E-state index contributed by atoms with van der Waals surface area (Å²) in [6.07, 6.45) is -17.0. The fourth-order valence-electron chi connectivity index (χ4n) is 2.83. The molecule has 2 rings (SSSR count). The van der Waals surface area contributed by atoms with Gasteiger partial charge < -0.3 is 9.64 Å². The van der Waals surface area contributed by atoms with E-state index in [0.717, 1.165) is 30.5 Å². The number of hydrogen-bond acceptors (Lipinski definition) is 6. The summed E-state index contributed by atoms with van der Waals surface area (Å²) in [6.45, 7) is -0.692. The molecule has 182 valence electrons. The minimum absolute atomic E-state index is 0.0979. The molecule has 0 radical (unpaired) electrons. The fourth-order valence-corrected chi connectivity index (χ4v) is 4.76. The average Bonchev–Trinajstić information content (AvgIpc) is 2.64. The lowest BCUT2D eigenvalue weighted by Gasteiger charge is -2.33. The summed E-state index contributed by atoms with van der Waals surface area (Å²) in [5, 5.41) is 0. The van der Waals surface area contributed by atoms with E-state index in [0.29, 0.717) is 4.90 Å². The minimum Gasteiger partial charge on any atom is -0.426 e. The van der Waals surface area contributed by atoms with E-state index in [1.54, 1.807) is 0 Å². The third-order valence-electron chi connectivity index (χ3n) is 4.45. The SMILES string of the molecule is CS(=O)(=O)c1ccc(S(=O)(=O)NC2CCN(C(=O)OC(C(F)(F)F)C(F)(F)F)CC2)cc1. The maximum absolute atomic E-state index is 12.5. The topological polar surface area (TPSA) is 110 Å². The van der Waals surface area contributed by atoms with Gasteiger partial charge in [0.2, 0.25) is 10.0 Å². The molecule has 1 aliphatic rings. The minimum atomic E-state index is -5.84. The van der Waals surface area contributed by atoms with E-state index < -0.39 is 50.5 Å². The molecule has 8 nitrogen and oxygen atoms in total. The number of nitrogens with one attached hydrogen (secondary N) is 1. The molecule has 0 aromatic heterocycles. The number of piperidine rings is 1. The molecule has 1 aromatic rings. The summed E-state index contributed by atoms with van der Waals surface area (Å²) in [5.41, 5.74) is 0. The summed E-state index contributed by atoms with van der Waals surface area (Å²) in [4.78, 5) is 12.0. The number of rotatable bonds is 5. The summed E-state index contributed by atoms with van der Waals surface area (Å²) >= 11 is 0. The molecule has 1 N–H and O–H groups in total. The lowest BCUT2D eigenvalue weighted by atomic mass is 10.1. The Hall–Kier alpha value is -2.07. The van der Waals surface area contributed by atoms with Crippen LogP contribution in [0.1, 0.15) is 12.8 Å². The second-order valence-corrected chi connectivity index (χ2v) is 10.7. The van der Waals surface area contributed by atoms with Crippen LogP contribution in [-0.2, 0) is 24.6 Å². The third-order valence-corrected chi connectivity index (χ3v) is 7.12. The number of sulfonamides is 1. The van der Waals surface area contributed by atoms with Crippen LogP contribution < -0.4 is 4.72 Å². The van der Waals surface area contributed by atoms with Gasteiger partial charge in [-0.25, -0.2) is 26.4 Å². The lowest BCUT2D eigenvalue weighted by Crippen LogP contribution is -2.51. The molecule has 1 aliphatic heterocycles. The molecule has 0 aliphatic carbocycles. The molecule has 0 atom stereocenters. The average molecular weight is 512 g/mol. The third kappa shape index (κ3) is 6.71. The number of hydrogen-bond donors (Lipinski definition) is 1. The van der Waals surface area contributed by atoms with Crippen molar-refractivity contribution >= 4 is 26.0 Å². The summed E-state index contributed by atoms with van der Waals surface area (Å²) < 4.78 is 129. The predicted molar refractivity (Wildman–Crippen MR) is 96.8 cm³/mol. The van der Waals surface area contributed by atoms with Gasteiger partial charge in [0.1, 0.15) is 0 Å². The fraction of sp³-hybridized carbons (Fsp3) is 0.562. The summed E-state index contributed by atoms with van der Waals surface area (Å²) in [7, 11) is -7.63. The zero-order valence-corrected chi connectivity index (χ0v) is 17.9. The lowest BCUT2D eigenvalue weighted by molar-refractivity contribution is -0.308. The number of sulfone groups is 1. The van der Waals surface area contributed by atoms with Gasteiger partial charge >= 0.3 is 18.4 Å². The van der Waals surface area contributed by atoms with Gasteiger partial charge in [-0.1, -0.05) is 0 Å². The maximum Gasteiger partial charge on any atom is 0.434 e. The van der Waals surface area contributed by atoms with Crippen LogP contribution in [-0.4, -0.2) is 71.7 Å². The van der Waals surface area contributed by atoms with E-state index in [2.05, 4.69) is 9.46 Å². The van der Waals surface area contributed by atoms with Crippen molar-refractivity contribution in [2.24, 2.45) is 0 Å². The quantitative estimate of drug-likeness (QED) is 0.607. The highest BCUT2D eigenvalue weighted by molar-refractivity contribution is 7.90. The number of alkyl halides is 6. The maximum atomic E-state index is 12.5. The Bertz CT molecular complexity index is 1020. The van der Waals surface area contributed by atoms with E-state index in [9.17, 15) is 48.0 Å². The van der Waals surface area contributed by atoms with E-state index in [-0.39, 0.29) is 35.7 Å². The van der Waals surface area contributed by atoms with Crippen molar-refractivity contribution in [3.8, 4) is 0 Å². The van der Waals surface area contributed by atoms with Crippen molar-refractivity contribution in [3.05, 3.63) is 24.3 Å². The van der Waals surface area contributed by atoms with Crippen LogP contribution in [0.15, 0.2) is 34.1 Å². The second-order valence-electron chi connectivity index (χ2n) is 6.97. The van der Waals surface area contributed by atoms with Crippen LogP contribution in [0.2, 0.25) is 0 Å². The number of likely N-dealkylation sites (tertiary alicyclic amines) is 1. The molecule has 0 unspecified atom stereocenters. The van der Waals surface area contributed by atoms with E-state index >= 15 is 0 Å².